The van der Waals surface area contributed by atoms with Gasteiger partial charge in [-0.25, -0.2) is 0 Å². The second-order valence-corrected chi connectivity index (χ2v) is 7.39. The highest BCUT2D eigenvalue weighted by Crippen LogP contribution is 2.22. The number of nitrogens with one attached hydrogen (secondary N) is 1. The lowest BCUT2D eigenvalue weighted by Crippen LogP contribution is -2.25. The zero-order valence-corrected chi connectivity index (χ0v) is 15.8. The van der Waals surface area contributed by atoms with E-state index < -0.39 is 0 Å². The zero-order chi connectivity index (χ0) is 19.0. The molecule has 0 unspecified atom stereocenters. The summed E-state index contributed by atoms with van der Waals surface area (Å²) in [5, 5.41) is 12.1. The molecule has 0 bridgehead atoms. The van der Waals surface area contributed by atoms with Gasteiger partial charge in [-0.05, 0) is 41.0 Å². The molecular formula is C23H26N2O. The molecule has 2 aromatic carbocycles. The van der Waals surface area contributed by atoms with Gasteiger partial charge in [-0.1, -0.05) is 75.4 Å². The molecule has 26 heavy (non-hydrogen) atoms. The number of carbonyl (C=O) groups excluding carboxylic acids is 1. The predicted molar refractivity (Wildman–Crippen MR) is 107 cm³/mol. The van der Waals surface area contributed by atoms with Crippen LogP contribution < -0.4 is 5.32 Å². The Labute approximate surface area is 156 Å². The van der Waals surface area contributed by atoms with Crippen LogP contribution in [0.1, 0.15) is 43.9 Å². The Bertz CT molecular complexity index is 791. The maximum atomic E-state index is 12.2. The van der Waals surface area contributed by atoms with E-state index in [2.05, 4.69) is 38.2 Å². The molecule has 0 heterocycles. The van der Waals surface area contributed by atoms with Crippen LogP contribution in [0.25, 0.3) is 6.08 Å². The molecule has 2 rings (SSSR count). The van der Waals surface area contributed by atoms with E-state index in [1.165, 1.54) is 11.1 Å². The fraction of sp³-hybridized carbons (Fsp3) is 0.304. The third-order valence-corrected chi connectivity index (χ3v) is 4.22. The summed E-state index contributed by atoms with van der Waals surface area (Å²) in [5.41, 5.74) is 3.54. The molecule has 0 saturated carbocycles. The molecule has 0 aliphatic heterocycles. The van der Waals surface area contributed by atoms with Crippen LogP contribution in [0.15, 0.2) is 60.2 Å². The van der Waals surface area contributed by atoms with E-state index in [1.54, 1.807) is 6.08 Å². The summed E-state index contributed by atoms with van der Waals surface area (Å²) in [4.78, 5) is 12.2. The summed E-state index contributed by atoms with van der Waals surface area (Å²) in [7, 11) is 0. The molecular weight excluding hydrogens is 320 g/mol. The fourth-order valence-electron chi connectivity index (χ4n) is 2.63. The van der Waals surface area contributed by atoms with Crippen LogP contribution in [0.2, 0.25) is 0 Å². The molecule has 0 spiro atoms. The molecule has 3 heteroatoms. The molecule has 0 aromatic heterocycles. The lowest BCUT2D eigenvalue weighted by molar-refractivity contribution is -0.117. The highest BCUT2D eigenvalue weighted by Gasteiger charge is 2.13. The number of benzene rings is 2. The molecule has 2 aromatic rings. The van der Waals surface area contributed by atoms with E-state index in [9.17, 15) is 10.1 Å². The van der Waals surface area contributed by atoms with Gasteiger partial charge in [0.15, 0.2) is 0 Å². The molecule has 0 fully saturated rings. The van der Waals surface area contributed by atoms with Crippen molar-refractivity contribution >= 4 is 12.0 Å². The largest absolute Gasteiger partial charge is 0.351 e. The number of aryl methyl sites for hydroxylation is 1. The number of amides is 1. The van der Waals surface area contributed by atoms with Crippen LogP contribution in [0, 0.1) is 11.3 Å². The van der Waals surface area contributed by atoms with E-state index in [0.29, 0.717) is 6.54 Å². The summed E-state index contributed by atoms with van der Waals surface area (Å²) >= 11 is 0. The smallest absolute Gasteiger partial charge is 0.261 e. The Hall–Kier alpha value is -2.86. The van der Waals surface area contributed by atoms with Gasteiger partial charge in [-0.2, -0.15) is 5.26 Å². The average molecular weight is 346 g/mol. The van der Waals surface area contributed by atoms with Crippen molar-refractivity contribution in [2.75, 3.05) is 6.54 Å². The first-order valence-corrected chi connectivity index (χ1v) is 8.94. The molecule has 0 aliphatic rings. The van der Waals surface area contributed by atoms with Gasteiger partial charge in [0.1, 0.15) is 11.6 Å². The maximum Gasteiger partial charge on any atom is 0.261 e. The van der Waals surface area contributed by atoms with Gasteiger partial charge in [-0.3, -0.25) is 4.79 Å². The van der Waals surface area contributed by atoms with Gasteiger partial charge in [0.05, 0.1) is 0 Å². The SMILES string of the molecule is CC(C)(C)c1ccc(/C=C(/C#N)C(=O)NCCCc2ccccc2)cc1. The van der Waals surface area contributed by atoms with Gasteiger partial charge in [0.2, 0.25) is 0 Å². The minimum Gasteiger partial charge on any atom is -0.351 e. The number of carbonyl (C=O) groups is 1. The standard InChI is InChI=1S/C23H26N2O/c1-23(2,3)21-13-11-19(12-14-21)16-20(17-24)22(26)25-15-7-10-18-8-5-4-6-9-18/h4-6,8-9,11-14,16H,7,10,15H2,1-3H3,(H,25,26)/b20-16-. The van der Waals surface area contributed by atoms with E-state index in [-0.39, 0.29) is 16.9 Å². The van der Waals surface area contributed by atoms with Crippen molar-refractivity contribution in [1.29, 1.82) is 5.26 Å². The molecule has 0 saturated heterocycles. The van der Waals surface area contributed by atoms with Gasteiger partial charge >= 0.3 is 0 Å². The summed E-state index contributed by atoms with van der Waals surface area (Å²) in [6.45, 7) is 7.01. The average Bonchev–Trinajstić information content (AvgIpc) is 2.63. The van der Waals surface area contributed by atoms with Gasteiger partial charge in [0, 0.05) is 6.54 Å². The molecule has 0 atom stereocenters. The first-order valence-electron chi connectivity index (χ1n) is 8.94. The Morgan fingerprint density at radius 1 is 1.08 bits per heavy atom. The van der Waals surface area contributed by atoms with Gasteiger partial charge in [-0.15, -0.1) is 0 Å². The second kappa shape index (κ2) is 9.01. The number of hydrogen-bond acceptors (Lipinski definition) is 2. The zero-order valence-electron chi connectivity index (χ0n) is 15.8. The van der Waals surface area contributed by atoms with Crippen molar-refractivity contribution in [3.05, 3.63) is 76.9 Å². The number of nitriles is 1. The Kier molecular flexibility index (Phi) is 6.74. The third kappa shape index (κ3) is 5.89. The molecule has 1 N–H and O–H groups in total. The summed E-state index contributed by atoms with van der Waals surface area (Å²) in [6, 6.07) is 20.1. The Balaban J connectivity index is 1.91. The molecule has 0 radical (unpaired) electrons. The van der Waals surface area contributed by atoms with Crippen LogP contribution in [0.5, 0.6) is 0 Å². The highest BCUT2D eigenvalue weighted by atomic mass is 16.1. The van der Waals surface area contributed by atoms with Gasteiger partial charge in [0.25, 0.3) is 5.91 Å². The van der Waals surface area contributed by atoms with Crippen LogP contribution in [-0.2, 0) is 16.6 Å². The van der Waals surface area contributed by atoms with Crippen molar-refractivity contribution in [1.82, 2.24) is 5.32 Å². The number of nitrogens with zero attached hydrogens (tertiary/aromatic N) is 1. The van der Waals surface area contributed by atoms with Crippen molar-refractivity contribution in [3.63, 3.8) is 0 Å². The van der Waals surface area contributed by atoms with Crippen LogP contribution in [0.3, 0.4) is 0 Å². The first-order chi connectivity index (χ1) is 12.4. The predicted octanol–water partition coefficient (Wildman–Crippen LogP) is 4.64. The maximum absolute atomic E-state index is 12.2. The summed E-state index contributed by atoms with van der Waals surface area (Å²) in [6.07, 6.45) is 3.38. The number of rotatable bonds is 6. The quantitative estimate of drug-likeness (QED) is 0.470. The summed E-state index contributed by atoms with van der Waals surface area (Å²) < 4.78 is 0. The Morgan fingerprint density at radius 3 is 2.31 bits per heavy atom. The van der Waals surface area contributed by atoms with Crippen molar-refractivity contribution in [3.8, 4) is 6.07 Å². The van der Waals surface area contributed by atoms with Crippen molar-refractivity contribution in [2.24, 2.45) is 0 Å². The van der Waals surface area contributed by atoms with Crippen molar-refractivity contribution < 1.29 is 4.79 Å². The molecule has 134 valence electrons. The summed E-state index contributed by atoms with van der Waals surface area (Å²) in [5.74, 6) is -0.319. The Morgan fingerprint density at radius 2 is 1.73 bits per heavy atom. The topological polar surface area (TPSA) is 52.9 Å². The normalized spacial score (nSPS) is 11.7. The molecule has 3 nitrogen and oxygen atoms in total. The van der Waals surface area contributed by atoms with Crippen molar-refractivity contribution in [2.45, 2.75) is 39.0 Å². The van der Waals surface area contributed by atoms with Crippen LogP contribution >= 0.6 is 0 Å². The minimum atomic E-state index is -0.319. The van der Waals surface area contributed by atoms with Crippen LogP contribution in [-0.4, -0.2) is 12.5 Å². The molecule has 0 aliphatic carbocycles. The number of hydrogen-bond donors (Lipinski definition) is 1. The van der Waals surface area contributed by atoms with E-state index in [4.69, 9.17) is 0 Å². The fourth-order valence-corrected chi connectivity index (χ4v) is 2.63. The first kappa shape index (κ1) is 19.5. The van der Waals surface area contributed by atoms with E-state index in [1.807, 2.05) is 48.5 Å². The van der Waals surface area contributed by atoms with Gasteiger partial charge < -0.3 is 5.32 Å². The lowest BCUT2D eigenvalue weighted by Gasteiger charge is -2.18. The van der Waals surface area contributed by atoms with E-state index >= 15 is 0 Å². The van der Waals surface area contributed by atoms with Crippen LogP contribution in [0.4, 0.5) is 0 Å². The minimum absolute atomic E-state index is 0.0798. The third-order valence-electron chi connectivity index (χ3n) is 4.22. The second-order valence-electron chi connectivity index (χ2n) is 7.39. The van der Waals surface area contributed by atoms with E-state index in [0.717, 1.165) is 18.4 Å². The molecule has 1 amide bonds. The highest BCUT2D eigenvalue weighted by molar-refractivity contribution is 6.01. The lowest BCUT2D eigenvalue weighted by atomic mass is 9.86. The monoisotopic (exact) mass is 346 g/mol.